The van der Waals surface area contributed by atoms with Crippen LogP contribution in [0.5, 0.6) is 0 Å². The molecular weight excluding hydrogens is 312 g/mol. The van der Waals surface area contributed by atoms with E-state index in [1.54, 1.807) is 0 Å². The van der Waals surface area contributed by atoms with Crippen LogP contribution in [-0.4, -0.2) is 26.1 Å². The molecule has 2 N–H and O–H groups in total. The maximum absolute atomic E-state index is 5.24. The Kier molecular flexibility index (Phi) is 4.32. The summed E-state index contributed by atoms with van der Waals surface area (Å²) in [7, 11) is 1.92. The van der Waals surface area contributed by atoms with Gasteiger partial charge in [-0.05, 0) is 17.5 Å². The van der Waals surface area contributed by atoms with E-state index in [0.29, 0.717) is 5.95 Å². The molecule has 0 saturated heterocycles. The topological polar surface area (TPSA) is 70.9 Å². The van der Waals surface area contributed by atoms with Crippen LogP contribution in [0.1, 0.15) is 20.8 Å². The summed E-state index contributed by atoms with van der Waals surface area (Å²) < 4.78 is 1.90. The number of terminal acetylenes is 1. The van der Waals surface area contributed by atoms with Gasteiger partial charge < -0.3 is 14.9 Å². The first-order chi connectivity index (χ1) is 11.9. The van der Waals surface area contributed by atoms with Gasteiger partial charge in [0.25, 0.3) is 0 Å². The summed E-state index contributed by atoms with van der Waals surface area (Å²) in [6.45, 7) is 7.31. The molecule has 25 heavy (non-hydrogen) atoms. The summed E-state index contributed by atoms with van der Waals surface area (Å²) in [5.74, 6) is 0.629. The van der Waals surface area contributed by atoms with Gasteiger partial charge in [-0.15, -0.1) is 0 Å². The van der Waals surface area contributed by atoms with Crippen molar-refractivity contribution in [1.82, 2.24) is 19.5 Å². The van der Waals surface area contributed by atoms with Crippen LogP contribution in [-0.2, 0) is 7.05 Å². The maximum atomic E-state index is 5.24. The molecule has 3 heterocycles. The zero-order chi connectivity index (χ0) is 18.0. The monoisotopic (exact) mass is 334 g/mol. The van der Waals surface area contributed by atoms with Gasteiger partial charge in [0.15, 0.2) is 0 Å². The van der Waals surface area contributed by atoms with E-state index in [0.717, 1.165) is 34.2 Å². The minimum absolute atomic E-state index is 0.166. The second kappa shape index (κ2) is 6.44. The number of nitrogens with zero attached hydrogens (tertiary/aromatic N) is 4. The van der Waals surface area contributed by atoms with Crippen molar-refractivity contribution in [1.29, 1.82) is 0 Å². The van der Waals surface area contributed by atoms with Gasteiger partial charge in [0.2, 0.25) is 5.95 Å². The molecule has 0 spiro atoms. The summed E-state index contributed by atoms with van der Waals surface area (Å²) in [6.07, 6.45) is 11.0. The lowest BCUT2D eigenvalue weighted by Gasteiger charge is -2.18. The summed E-state index contributed by atoms with van der Waals surface area (Å²) in [5, 5.41) is 4.25. The number of aryl methyl sites for hydroxylation is 1. The van der Waals surface area contributed by atoms with Crippen molar-refractivity contribution in [2.45, 2.75) is 20.8 Å². The molecule has 0 fully saturated rings. The first-order valence-corrected chi connectivity index (χ1v) is 8.12. The largest absolute Gasteiger partial charge is 0.354 e. The molecule has 6 heteroatoms. The van der Waals surface area contributed by atoms with Crippen LogP contribution in [0.15, 0.2) is 35.7 Å². The van der Waals surface area contributed by atoms with E-state index in [4.69, 9.17) is 6.42 Å². The van der Waals surface area contributed by atoms with Gasteiger partial charge in [0.05, 0.1) is 0 Å². The molecule has 0 aliphatic heterocycles. The van der Waals surface area contributed by atoms with Crippen molar-refractivity contribution < 1.29 is 0 Å². The van der Waals surface area contributed by atoms with E-state index in [9.17, 15) is 0 Å². The molecule has 3 rings (SSSR count). The van der Waals surface area contributed by atoms with Crippen molar-refractivity contribution in [3.05, 3.63) is 36.2 Å². The van der Waals surface area contributed by atoms with Crippen LogP contribution in [0.25, 0.3) is 22.2 Å². The summed E-state index contributed by atoms with van der Waals surface area (Å²) in [5.41, 5.74) is 3.79. The Morgan fingerprint density at radius 1 is 1.36 bits per heavy atom. The number of hydrogen-bond donors (Lipinski definition) is 2. The molecule has 6 nitrogen and oxygen atoms in total. The molecule has 0 aromatic carbocycles. The number of aromatic amines is 1. The lowest BCUT2D eigenvalue weighted by molar-refractivity contribution is 0.442. The molecule has 0 aliphatic carbocycles. The fraction of sp³-hybridized carbons (Fsp3) is 0.316. The average molecular weight is 334 g/mol. The predicted octanol–water partition coefficient (Wildman–Crippen LogP) is 2.91. The number of fused-ring (bicyclic) bond motifs is 1. The van der Waals surface area contributed by atoms with E-state index >= 15 is 0 Å². The van der Waals surface area contributed by atoms with Gasteiger partial charge in [-0.25, -0.2) is 4.98 Å². The van der Waals surface area contributed by atoms with Crippen LogP contribution in [0, 0.1) is 17.9 Å². The molecule has 3 aromatic rings. The Morgan fingerprint density at radius 3 is 2.84 bits per heavy atom. The summed E-state index contributed by atoms with van der Waals surface area (Å²) in [4.78, 5) is 16.2. The SMILES string of the molecule is C#C/N=c1/ccc(-c2c[nH]c3nc(NCC(C)(C)C)ncc23)cn1C. The fourth-order valence-electron chi connectivity index (χ4n) is 2.52. The Hall–Kier alpha value is -3.07. The number of aromatic nitrogens is 4. The van der Waals surface area contributed by atoms with Crippen molar-refractivity contribution >= 4 is 17.0 Å². The number of pyridine rings is 1. The molecule has 0 amide bonds. The van der Waals surface area contributed by atoms with Gasteiger partial charge in [-0.3, -0.25) is 0 Å². The Bertz CT molecular complexity index is 1010. The van der Waals surface area contributed by atoms with E-state index in [-0.39, 0.29) is 5.41 Å². The second-order valence-electron chi connectivity index (χ2n) is 7.20. The highest BCUT2D eigenvalue weighted by atomic mass is 15.1. The molecule has 0 saturated carbocycles. The number of nitrogens with one attached hydrogen (secondary N) is 2. The summed E-state index contributed by atoms with van der Waals surface area (Å²) >= 11 is 0. The summed E-state index contributed by atoms with van der Waals surface area (Å²) in [6, 6.07) is 6.20. The van der Waals surface area contributed by atoms with E-state index in [2.05, 4.69) is 52.1 Å². The van der Waals surface area contributed by atoms with Gasteiger partial charge >= 0.3 is 0 Å². The van der Waals surface area contributed by atoms with Crippen molar-refractivity contribution in [3.63, 3.8) is 0 Å². The van der Waals surface area contributed by atoms with Crippen LogP contribution in [0.4, 0.5) is 5.95 Å². The average Bonchev–Trinajstić information content (AvgIpc) is 2.97. The highest BCUT2D eigenvalue weighted by Gasteiger charge is 2.12. The minimum Gasteiger partial charge on any atom is -0.354 e. The first kappa shape index (κ1) is 16.8. The number of H-pyrrole nitrogens is 1. The molecular formula is C19H22N6. The molecule has 3 aromatic heterocycles. The molecule has 128 valence electrons. The molecule has 0 atom stereocenters. The van der Waals surface area contributed by atoms with Crippen LogP contribution >= 0.6 is 0 Å². The van der Waals surface area contributed by atoms with Gasteiger partial charge in [0, 0.05) is 54.7 Å². The van der Waals surface area contributed by atoms with Gasteiger partial charge in [-0.1, -0.05) is 27.2 Å². The normalized spacial score (nSPS) is 12.4. The zero-order valence-electron chi connectivity index (χ0n) is 15.0. The number of rotatable bonds is 3. The van der Waals surface area contributed by atoms with Crippen molar-refractivity contribution in [3.8, 4) is 23.6 Å². The van der Waals surface area contributed by atoms with Crippen LogP contribution in [0.2, 0.25) is 0 Å². The van der Waals surface area contributed by atoms with E-state index in [1.807, 2.05) is 42.3 Å². The Labute approximate surface area is 147 Å². The van der Waals surface area contributed by atoms with Crippen LogP contribution in [0.3, 0.4) is 0 Å². The Morgan fingerprint density at radius 2 is 2.16 bits per heavy atom. The number of hydrogen-bond acceptors (Lipinski definition) is 4. The highest BCUT2D eigenvalue weighted by molar-refractivity contribution is 5.93. The molecule has 0 bridgehead atoms. The third-order valence-corrected chi connectivity index (χ3v) is 3.81. The Balaban J connectivity index is 1.95. The highest BCUT2D eigenvalue weighted by Crippen LogP contribution is 2.27. The predicted molar refractivity (Wildman–Crippen MR) is 101 cm³/mol. The van der Waals surface area contributed by atoms with Crippen molar-refractivity contribution in [2.24, 2.45) is 17.5 Å². The van der Waals surface area contributed by atoms with Gasteiger partial charge in [0.1, 0.15) is 11.1 Å². The molecule has 0 radical (unpaired) electrons. The lowest BCUT2D eigenvalue weighted by Crippen LogP contribution is -2.20. The maximum Gasteiger partial charge on any atom is 0.224 e. The zero-order valence-corrected chi connectivity index (χ0v) is 15.0. The van der Waals surface area contributed by atoms with E-state index in [1.165, 1.54) is 0 Å². The molecule has 0 aliphatic rings. The molecule has 0 unspecified atom stereocenters. The van der Waals surface area contributed by atoms with Crippen molar-refractivity contribution in [2.75, 3.05) is 11.9 Å². The standard InChI is InChI=1S/C19H22N6/c1-6-20-16-8-7-13(11-25(16)5)14-9-21-17-15(14)10-22-18(24-17)23-12-19(2,3)4/h1,7-11H,12H2,2-5H3,(H2,21,22,23,24)/b20-16-. The van der Waals surface area contributed by atoms with Gasteiger partial charge in [-0.2, -0.15) is 9.98 Å². The van der Waals surface area contributed by atoms with Crippen LogP contribution < -0.4 is 10.8 Å². The minimum atomic E-state index is 0.166. The second-order valence-corrected chi connectivity index (χ2v) is 7.20. The third kappa shape index (κ3) is 3.72. The first-order valence-electron chi connectivity index (χ1n) is 8.12. The third-order valence-electron chi connectivity index (χ3n) is 3.81. The number of anilines is 1. The quantitative estimate of drug-likeness (QED) is 0.724. The lowest BCUT2D eigenvalue weighted by atomic mass is 9.97. The smallest absolute Gasteiger partial charge is 0.224 e. The van der Waals surface area contributed by atoms with E-state index < -0.39 is 0 Å². The fourth-order valence-corrected chi connectivity index (χ4v) is 2.52.